The zero-order valence-corrected chi connectivity index (χ0v) is 19.9. The number of likely N-dealkylation sites (N-methyl/N-ethyl adjacent to an activating group) is 1. The molecule has 33 heavy (non-hydrogen) atoms. The van der Waals surface area contributed by atoms with Crippen molar-refractivity contribution in [2.75, 3.05) is 39.9 Å². The van der Waals surface area contributed by atoms with Crippen molar-refractivity contribution in [3.05, 3.63) is 83.2 Å². The van der Waals surface area contributed by atoms with Crippen LogP contribution in [0.1, 0.15) is 48.7 Å². The molecule has 0 spiro atoms. The molecule has 7 nitrogen and oxygen atoms in total. The van der Waals surface area contributed by atoms with Gasteiger partial charge in [-0.15, -0.1) is 0 Å². The highest BCUT2D eigenvalue weighted by atomic mass is 16.5. The second-order valence-corrected chi connectivity index (χ2v) is 8.52. The molecule has 1 saturated heterocycles. The number of hydrogen-bond donors (Lipinski definition) is 3. The zero-order valence-electron chi connectivity index (χ0n) is 19.9. The first kappa shape index (κ1) is 24.5. The van der Waals surface area contributed by atoms with Crippen molar-refractivity contribution in [1.29, 1.82) is 0 Å². The van der Waals surface area contributed by atoms with Crippen molar-refractivity contribution in [3.8, 4) is 0 Å². The van der Waals surface area contributed by atoms with Crippen LogP contribution in [0.5, 0.6) is 0 Å². The number of unbranched alkanes of at least 4 members (excludes halogenated alkanes) is 1. The van der Waals surface area contributed by atoms with Crippen LogP contribution in [0.4, 0.5) is 0 Å². The molecule has 0 aliphatic carbocycles. The number of rotatable bonds is 8. The van der Waals surface area contributed by atoms with Crippen LogP contribution < -0.4 is 10.6 Å². The van der Waals surface area contributed by atoms with E-state index < -0.39 is 0 Å². The summed E-state index contributed by atoms with van der Waals surface area (Å²) in [7, 11) is 2.05. The number of hydrogen-bond acceptors (Lipinski definition) is 6. The summed E-state index contributed by atoms with van der Waals surface area (Å²) in [6, 6.07) is 8.01. The number of aliphatic hydroxyl groups excluding tert-OH is 1. The standard InChI is InChI=1S/C26H36N4O3/c1-20(8-5-4-6-9-21(2)31)17-28-25-18-27-24(19-29(25)3)22-10-7-11-23(16-22)26(32)30-12-14-33-15-13-30/h5,7-11,16-18,24,27-28,31H,4,6,12-15,19H2,1-3H3/b8-5+,20-17+,21-9+. The molecule has 1 amide bonds. The van der Waals surface area contributed by atoms with Gasteiger partial charge in [0.15, 0.2) is 0 Å². The van der Waals surface area contributed by atoms with Crippen molar-refractivity contribution in [2.45, 2.75) is 32.7 Å². The van der Waals surface area contributed by atoms with Crippen molar-refractivity contribution < 1.29 is 14.6 Å². The molecule has 1 fully saturated rings. The fourth-order valence-electron chi connectivity index (χ4n) is 3.80. The lowest BCUT2D eigenvalue weighted by atomic mass is 10.0. The lowest BCUT2D eigenvalue weighted by Gasteiger charge is -2.33. The second kappa shape index (κ2) is 12.2. The molecule has 3 N–H and O–H groups in total. The first-order valence-electron chi connectivity index (χ1n) is 11.5. The van der Waals surface area contributed by atoms with Crippen LogP contribution in [0.15, 0.2) is 72.0 Å². The van der Waals surface area contributed by atoms with Gasteiger partial charge in [-0.05, 0) is 56.0 Å². The molecule has 1 aromatic rings. The lowest BCUT2D eigenvalue weighted by molar-refractivity contribution is 0.0303. The largest absolute Gasteiger partial charge is 0.513 e. The highest BCUT2D eigenvalue weighted by Gasteiger charge is 2.22. The topological polar surface area (TPSA) is 77.1 Å². The van der Waals surface area contributed by atoms with Gasteiger partial charge in [-0.2, -0.15) is 0 Å². The number of morpholine rings is 1. The Morgan fingerprint density at radius 3 is 2.79 bits per heavy atom. The molecular formula is C26H36N4O3. The summed E-state index contributed by atoms with van der Waals surface area (Å²) in [6.45, 7) is 7.01. The van der Waals surface area contributed by atoms with Crippen LogP contribution in [0.3, 0.4) is 0 Å². The fourth-order valence-corrected chi connectivity index (χ4v) is 3.80. The van der Waals surface area contributed by atoms with Gasteiger partial charge in [0.2, 0.25) is 0 Å². The summed E-state index contributed by atoms with van der Waals surface area (Å²) in [4.78, 5) is 16.9. The maximum Gasteiger partial charge on any atom is 0.254 e. The van der Waals surface area contributed by atoms with Crippen LogP contribution in [0.25, 0.3) is 0 Å². The van der Waals surface area contributed by atoms with E-state index in [0.29, 0.717) is 32.1 Å². The molecule has 1 unspecified atom stereocenters. The van der Waals surface area contributed by atoms with Gasteiger partial charge >= 0.3 is 0 Å². The van der Waals surface area contributed by atoms with E-state index in [4.69, 9.17) is 4.74 Å². The molecule has 2 aliphatic rings. The minimum Gasteiger partial charge on any atom is -0.513 e. The van der Waals surface area contributed by atoms with Crippen LogP contribution in [0.2, 0.25) is 0 Å². The van der Waals surface area contributed by atoms with E-state index in [2.05, 4.69) is 40.8 Å². The first-order chi connectivity index (χ1) is 15.9. The van der Waals surface area contributed by atoms with E-state index in [0.717, 1.165) is 41.9 Å². The predicted octanol–water partition coefficient (Wildman–Crippen LogP) is 3.83. The van der Waals surface area contributed by atoms with Gasteiger partial charge in [-0.25, -0.2) is 0 Å². The number of amides is 1. The Morgan fingerprint density at radius 2 is 2.06 bits per heavy atom. The number of nitrogens with zero attached hydrogens (tertiary/aromatic N) is 2. The number of carbonyl (C=O) groups is 1. The SMILES string of the molecule is C/C(O)=C\CC/C=C/C(C)=C/NC1=CNC(c2cccc(C(=O)N3CCOCC3)c2)CN1C. The predicted molar refractivity (Wildman–Crippen MR) is 131 cm³/mol. The summed E-state index contributed by atoms with van der Waals surface area (Å²) < 4.78 is 5.36. The Bertz CT molecular complexity index is 925. The number of aliphatic hydroxyl groups is 1. The Morgan fingerprint density at radius 1 is 1.27 bits per heavy atom. The number of nitrogens with one attached hydrogen (secondary N) is 2. The fraction of sp³-hybridized carbons (Fsp3) is 0.423. The molecule has 0 saturated carbocycles. The van der Waals surface area contributed by atoms with E-state index in [-0.39, 0.29) is 11.9 Å². The quantitative estimate of drug-likeness (QED) is 0.316. The average Bonchev–Trinajstić information content (AvgIpc) is 2.83. The van der Waals surface area contributed by atoms with E-state index in [1.165, 1.54) is 0 Å². The maximum absolute atomic E-state index is 12.8. The van der Waals surface area contributed by atoms with Crippen molar-refractivity contribution >= 4 is 5.91 Å². The van der Waals surface area contributed by atoms with Gasteiger partial charge in [0.1, 0.15) is 5.82 Å². The van der Waals surface area contributed by atoms with E-state index >= 15 is 0 Å². The highest BCUT2D eigenvalue weighted by molar-refractivity contribution is 5.94. The molecule has 178 valence electrons. The van der Waals surface area contributed by atoms with Crippen molar-refractivity contribution in [1.82, 2.24) is 20.4 Å². The van der Waals surface area contributed by atoms with Crippen molar-refractivity contribution in [2.24, 2.45) is 0 Å². The Labute approximate surface area is 197 Å². The number of carbonyl (C=O) groups excluding carboxylic acids is 1. The third kappa shape index (κ3) is 7.43. The molecule has 3 rings (SSSR count). The molecule has 7 heteroatoms. The highest BCUT2D eigenvalue weighted by Crippen LogP contribution is 2.21. The zero-order chi connectivity index (χ0) is 23.6. The summed E-state index contributed by atoms with van der Waals surface area (Å²) >= 11 is 0. The normalized spacial score (nSPS) is 20.0. The number of allylic oxidation sites excluding steroid dienone is 5. The Kier molecular flexibility index (Phi) is 9.01. The Hall–Kier alpha value is -3.19. The third-order valence-corrected chi connectivity index (χ3v) is 5.72. The van der Waals surface area contributed by atoms with Gasteiger partial charge in [0, 0.05) is 44.6 Å². The maximum atomic E-state index is 12.8. The van der Waals surface area contributed by atoms with Gasteiger partial charge < -0.3 is 30.3 Å². The average molecular weight is 453 g/mol. The first-order valence-corrected chi connectivity index (χ1v) is 11.5. The molecule has 2 aliphatic heterocycles. The molecule has 0 bridgehead atoms. The minimum absolute atomic E-state index is 0.0680. The van der Waals surface area contributed by atoms with E-state index in [9.17, 15) is 9.90 Å². The number of ether oxygens (including phenoxy) is 1. The molecule has 1 atom stereocenters. The minimum atomic E-state index is 0.0680. The van der Waals surface area contributed by atoms with E-state index in [1.807, 2.05) is 48.5 Å². The molecule has 1 aromatic carbocycles. The summed E-state index contributed by atoms with van der Waals surface area (Å²) in [6.07, 6.45) is 11.7. The summed E-state index contributed by atoms with van der Waals surface area (Å²) in [5, 5.41) is 16.0. The molecular weight excluding hydrogens is 416 g/mol. The van der Waals surface area contributed by atoms with Crippen LogP contribution in [-0.4, -0.2) is 60.7 Å². The third-order valence-electron chi connectivity index (χ3n) is 5.72. The lowest BCUT2D eigenvalue weighted by Crippen LogP contribution is -2.41. The van der Waals surface area contributed by atoms with Crippen LogP contribution >= 0.6 is 0 Å². The Balaban J connectivity index is 1.56. The molecule has 2 heterocycles. The van der Waals surface area contributed by atoms with Gasteiger partial charge in [0.25, 0.3) is 5.91 Å². The monoisotopic (exact) mass is 452 g/mol. The number of benzene rings is 1. The second-order valence-electron chi connectivity index (χ2n) is 8.52. The van der Waals surface area contributed by atoms with Gasteiger partial charge in [0.05, 0.1) is 25.0 Å². The smallest absolute Gasteiger partial charge is 0.254 e. The summed E-state index contributed by atoms with van der Waals surface area (Å²) in [5.41, 5.74) is 2.94. The molecule has 0 radical (unpaired) electrons. The van der Waals surface area contributed by atoms with Crippen LogP contribution in [0, 0.1) is 0 Å². The molecule has 0 aromatic heterocycles. The van der Waals surface area contributed by atoms with Crippen molar-refractivity contribution in [3.63, 3.8) is 0 Å². The summed E-state index contributed by atoms with van der Waals surface area (Å²) in [5.74, 6) is 1.42. The van der Waals surface area contributed by atoms with Gasteiger partial charge in [-0.3, -0.25) is 4.79 Å². The van der Waals surface area contributed by atoms with Crippen LogP contribution in [-0.2, 0) is 4.74 Å². The van der Waals surface area contributed by atoms with E-state index in [1.54, 1.807) is 6.92 Å². The van der Waals surface area contributed by atoms with Gasteiger partial charge in [-0.1, -0.05) is 24.3 Å².